The molecule has 0 amide bonds. The molecule has 0 saturated carbocycles. The van der Waals surface area contributed by atoms with Gasteiger partial charge in [0.1, 0.15) is 5.75 Å². The minimum Gasteiger partial charge on any atom is -0.496 e. The summed E-state index contributed by atoms with van der Waals surface area (Å²) in [6.07, 6.45) is 0.701. The van der Waals surface area contributed by atoms with Crippen molar-refractivity contribution in [3.8, 4) is 5.75 Å². The molecule has 1 unspecified atom stereocenters. The van der Waals surface area contributed by atoms with Crippen molar-refractivity contribution in [2.75, 3.05) is 13.7 Å². The fourth-order valence-corrected chi connectivity index (χ4v) is 3.84. The second kappa shape index (κ2) is 7.40. The summed E-state index contributed by atoms with van der Waals surface area (Å²) in [6, 6.07) is 4.37. The molecule has 3 N–H and O–H groups in total. The summed E-state index contributed by atoms with van der Waals surface area (Å²) in [5, 5.41) is 0. The van der Waals surface area contributed by atoms with E-state index in [1.807, 2.05) is 13.8 Å². The van der Waals surface area contributed by atoms with E-state index in [0.29, 0.717) is 22.6 Å². The SMILES string of the molecule is COc1ccc(S(=O)(=O)NC(CN)CC(C)C)cc1Br. The highest BCUT2D eigenvalue weighted by molar-refractivity contribution is 9.10. The molecule has 0 aliphatic carbocycles. The minimum atomic E-state index is -3.58. The van der Waals surface area contributed by atoms with Crippen LogP contribution in [-0.2, 0) is 10.0 Å². The normalized spacial score (nSPS) is 13.5. The highest BCUT2D eigenvalue weighted by Crippen LogP contribution is 2.27. The van der Waals surface area contributed by atoms with Crippen molar-refractivity contribution in [3.63, 3.8) is 0 Å². The molecule has 7 heteroatoms. The Balaban J connectivity index is 2.95. The van der Waals surface area contributed by atoms with E-state index in [-0.39, 0.29) is 17.5 Å². The summed E-state index contributed by atoms with van der Waals surface area (Å²) in [5.74, 6) is 0.954. The zero-order valence-corrected chi connectivity index (χ0v) is 14.3. The molecule has 0 heterocycles. The molecular weight excluding hydrogens is 344 g/mol. The number of halogens is 1. The van der Waals surface area contributed by atoms with Gasteiger partial charge in [0, 0.05) is 12.6 Å². The second-order valence-electron chi connectivity index (χ2n) is 4.98. The van der Waals surface area contributed by atoms with Gasteiger partial charge in [0.05, 0.1) is 16.5 Å². The van der Waals surface area contributed by atoms with Crippen LogP contribution in [0, 0.1) is 5.92 Å². The maximum Gasteiger partial charge on any atom is 0.240 e. The van der Waals surface area contributed by atoms with Crippen LogP contribution in [0.1, 0.15) is 20.3 Å². The van der Waals surface area contributed by atoms with Crippen LogP contribution in [0.4, 0.5) is 0 Å². The second-order valence-corrected chi connectivity index (χ2v) is 7.55. The van der Waals surface area contributed by atoms with Gasteiger partial charge in [-0.25, -0.2) is 13.1 Å². The van der Waals surface area contributed by atoms with E-state index < -0.39 is 10.0 Å². The van der Waals surface area contributed by atoms with Gasteiger partial charge in [-0.3, -0.25) is 0 Å². The summed E-state index contributed by atoms with van der Waals surface area (Å²) in [4.78, 5) is 0.187. The molecule has 0 bridgehead atoms. The predicted octanol–water partition coefficient (Wildman–Crippen LogP) is 2.11. The first-order valence-corrected chi connectivity index (χ1v) is 8.63. The van der Waals surface area contributed by atoms with Gasteiger partial charge in [-0.2, -0.15) is 0 Å². The Bertz CT molecular complexity index is 547. The van der Waals surface area contributed by atoms with Crippen LogP contribution in [0.5, 0.6) is 5.75 Å². The molecule has 20 heavy (non-hydrogen) atoms. The van der Waals surface area contributed by atoms with Crippen molar-refractivity contribution in [3.05, 3.63) is 22.7 Å². The van der Waals surface area contributed by atoms with Crippen molar-refractivity contribution in [1.29, 1.82) is 0 Å². The number of hydrogen-bond acceptors (Lipinski definition) is 4. The maximum atomic E-state index is 12.3. The third kappa shape index (κ3) is 4.73. The Morgan fingerprint density at radius 2 is 2.05 bits per heavy atom. The lowest BCUT2D eigenvalue weighted by Gasteiger charge is -2.19. The Morgan fingerprint density at radius 1 is 1.40 bits per heavy atom. The van der Waals surface area contributed by atoms with Gasteiger partial charge in [-0.1, -0.05) is 13.8 Å². The molecule has 0 saturated heterocycles. The molecule has 1 atom stereocenters. The quantitative estimate of drug-likeness (QED) is 0.776. The summed E-state index contributed by atoms with van der Waals surface area (Å²) in [6.45, 7) is 4.33. The highest BCUT2D eigenvalue weighted by Gasteiger charge is 2.20. The van der Waals surface area contributed by atoms with Gasteiger partial charge in [-0.15, -0.1) is 0 Å². The van der Waals surface area contributed by atoms with E-state index in [1.54, 1.807) is 6.07 Å². The number of nitrogens with one attached hydrogen (secondary N) is 1. The van der Waals surface area contributed by atoms with Gasteiger partial charge in [0.15, 0.2) is 0 Å². The molecule has 114 valence electrons. The van der Waals surface area contributed by atoms with Crippen LogP contribution < -0.4 is 15.2 Å². The van der Waals surface area contributed by atoms with E-state index in [1.165, 1.54) is 19.2 Å². The van der Waals surface area contributed by atoms with Crippen LogP contribution in [0.15, 0.2) is 27.6 Å². The Kier molecular flexibility index (Phi) is 6.44. The van der Waals surface area contributed by atoms with Gasteiger partial charge < -0.3 is 10.5 Å². The van der Waals surface area contributed by atoms with Crippen LogP contribution in [-0.4, -0.2) is 28.1 Å². The van der Waals surface area contributed by atoms with Gasteiger partial charge in [-0.05, 0) is 46.5 Å². The van der Waals surface area contributed by atoms with Gasteiger partial charge in [0.25, 0.3) is 0 Å². The Labute approximate surface area is 129 Å². The van der Waals surface area contributed by atoms with Crippen molar-refractivity contribution < 1.29 is 13.2 Å². The third-order valence-electron chi connectivity index (χ3n) is 2.80. The topological polar surface area (TPSA) is 81.4 Å². The number of methoxy groups -OCH3 is 1. The first kappa shape index (κ1) is 17.4. The molecule has 5 nitrogen and oxygen atoms in total. The smallest absolute Gasteiger partial charge is 0.240 e. The maximum absolute atomic E-state index is 12.3. The van der Waals surface area contributed by atoms with Crippen molar-refractivity contribution in [2.24, 2.45) is 11.7 Å². The number of nitrogens with two attached hydrogens (primary N) is 1. The number of ether oxygens (including phenoxy) is 1. The summed E-state index contributed by atoms with van der Waals surface area (Å²) >= 11 is 3.28. The van der Waals surface area contributed by atoms with Crippen molar-refractivity contribution >= 4 is 26.0 Å². The average Bonchev–Trinajstić information content (AvgIpc) is 2.36. The molecule has 0 aromatic heterocycles. The number of hydrogen-bond donors (Lipinski definition) is 2. The zero-order valence-electron chi connectivity index (χ0n) is 11.9. The average molecular weight is 365 g/mol. The largest absolute Gasteiger partial charge is 0.496 e. The van der Waals surface area contributed by atoms with Gasteiger partial charge >= 0.3 is 0 Å². The molecular formula is C13H21BrN2O3S. The molecule has 1 aromatic rings. The van der Waals surface area contributed by atoms with Gasteiger partial charge in [0.2, 0.25) is 10.0 Å². The van der Waals surface area contributed by atoms with E-state index in [4.69, 9.17) is 10.5 Å². The molecule has 1 rings (SSSR count). The molecule has 0 aliphatic rings. The first-order valence-electron chi connectivity index (χ1n) is 6.36. The van der Waals surface area contributed by atoms with E-state index >= 15 is 0 Å². The van der Waals surface area contributed by atoms with Crippen LogP contribution in [0.2, 0.25) is 0 Å². The fourth-order valence-electron chi connectivity index (χ4n) is 1.86. The standard InChI is InChI=1S/C13H21BrN2O3S/c1-9(2)6-10(8-15)16-20(17,18)11-4-5-13(19-3)12(14)7-11/h4-5,7,9-10,16H,6,8,15H2,1-3H3. The molecule has 0 aliphatic heterocycles. The van der Waals surface area contributed by atoms with E-state index in [9.17, 15) is 8.42 Å². The minimum absolute atomic E-state index is 0.187. The lowest BCUT2D eigenvalue weighted by Crippen LogP contribution is -2.40. The van der Waals surface area contributed by atoms with E-state index in [2.05, 4.69) is 20.7 Å². The first-order chi connectivity index (χ1) is 9.30. The molecule has 1 aromatic carbocycles. The fraction of sp³-hybridized carbons (Fsp3) is 0.538. The highest BCUT2D eigenvalue weighted by atomic mass is 79.9. The Hall–Kier alpha value is -0.630. The number of sulfonamides is 1. The lowest BCUT2D eigenvalue weighted by atomic mass is 10.1. The van der Waals surface area contributed by atoms with E-state index in [0.717, 1.165) is 0 Å². The summed E-state index contributed by atoms with van der Waals surface area (Å²) < 4.78 is 32.9. The number of benzene rings is 1. The lowest BCUT2D eigenvalue weighted by molar-refractivity contribution is 0.411. The predicted molar refractivity (Wildman–Crippen MR) is 83.3 cm³/mol. The van der Waals surface area contributed by atoms with Crippen LogP contribution in [0.25, 0.3) is 0 Å². The zero-order chi connectivity index (χ0) is 15.3. The summed E-state index contributed by atoms with van der Waals surface area (Å²) in [7, 11) is -2.05. The van der Waals surface area contributed by atoms with Crippen LogP contribution in [0.3, 0.4) is 0 Å². The molecule has 0 spiro atoms. The van der Waals surface area contributed by atoms with Crippen molar-refractivity contribution in [2.45, 2.75) is 31.2 Å². The molecule has 0 radical (unpaired) electrons. The monoisotopic (exact) mass is 364 g/mol. The molecule has 0 fully saturated rings. The number of rotatable bonds is 7. The van der Waals surface area contributed by atoms with Crippen LogP contribution >= 0.6 is 15.9 Å². The summed E-state index contributed by atoms with van der Waals surface area (Å²) in [5.41, 5.74) is 5.63. The van der Waals surface area contributed by atoms with Crippen molar-refractivity contribution in [1.82, 2.24) is 4.72 Å². The Morgan fingerprint density at radius 3 is 2.50 bits per heavy atom. The third-order valence-corrected chi connectivity index (χ3v) is 4.93.